The Morgan fingerprint density at radius 3 is 2.67 bits per heavy atom. The zero-order chi connectivity index (χ0) is 15.3. The second kappa shape index (κ2) is 7.14. The van der Waals surface area contributed by atoms with Crippen molar-refractivity contribution in [3.63, 3.8) is 0 Å². The maximum Gasteiger partial charge on any atom is 0.161 e. The van der Waals surface area contributed by atoms with Gasteiger partial charge in [0, 0.05) is 18.0 Å². The summed E-state index contributed by atoms with van der Waals surface area (Å²) in [6.45, 7) is 6.96. The van der Waals surface area contributed by atoms with Crippen LogP contribution in [0.25, 0.3) is 0 Å². The van der Waals surface area contributed by atoms with Gasteiger partial charge < -0.3 is 19.9 Å². The summed E-state index contributed by atoms with van der Waals surface area (Å²) < 4.78 is 11.7. The lowest BCUT2D eigenvalue weighted by Crippen LogP contribution is -2.50. The topological polar surface area (TPSA) is 50.7 Å². The Morgan fingerprint density at radius 2 is 2.05 bits per heavy atom. The molecule has 2 unspecified atom stereocenters. The van der Waals surface area contributed by atoms with Gasteiger partial charge in [-0.2, -0.15) is 0 Å². The highest BCUT2D eigenvalue weighted by atomic mass is 16.5. The van der Waals surface area contributed by atoms with Gasteiger partial charge in [0.15, 0.2) is 11.5 Å². The first-order chi connectivity index (χ1) is 10.1. The third-order valence-electron chi connectivity index (χ3n) is 3.90. The van der Waals surface area contributed by atoms with Crippen molar-refractivity contribution in [3.8, 4) is 11.5 Å². The zero-order valence-electron chi connectivity index (χ0n) is 13.3. The maximum atomic E-state index is 9.75. The van der Waals surface area contributed by atoms with Gasteiger partial charge >= 0.3 is 0 Å². The number of rotatable bonds is 7. The van der Waals surface area contributed by atoms with Crippen LogP contribution in [-0.4, -0.2) is 36.0 Å². The number of hydrogen-bond acceptors (Lipinski definition) is 4. The molecular weight excluding hydrogens is 266 g/mol. The molecule has 0 saturated heterocycles. The summed E-state index contributed by atoms with van der Waals surface area (Å²) in [5.74, 6) is 1.58. The molecule has 1 aromatic carbocycles. The van der Waals surface area contributed by atoms with Gasteiger partial charge in [-0.3, -0.25) is 0 Å². The van der Waals surface area contributed by atoms with Crippen molar-refractivity contribution in [2.45, 2.75) is 57.7 Å². The van der Waals surface area contributed by atoms with Crippen molar-refractivity contribution >= 4 is 0 Å². The van der Waals surface area contributed by atoms with Gasteiger partial charge in [-0.25, -0.2) is 0 Å². The Morgan fingerprint density at radius 1 is 1.33 bits per heavy atom. The molecule has 1 aromatic rings. The van der Waals surface area contributed by atoms with Gasteiger partial charge in [0.05, 0.1) is 13.2 Å². The minimum absolute atomic E-state index is 0.116. The second-order valence-corrected chi connectivity index (χ2v) is 6.10. The van der Waals surface area contributed by atoms with E-state index in [1.54, 1.807) is 0 Å². The number of aliphatic hydroxyl groups excluding tert-OH is 1. The molecule has 0 heterocycles. The van der Waals surface area contributed by atoms with Crippen LogP contribution in [-0.2, 0) is 0 Å². The molecule has 1 saturated carbocycles. The van der Waals surface area contributed by atoms with Crippen molar-refractivity contribution in [1.29, 1.82) is 0 Å². The molecule has 0 aromatic heterocycles. The summed E-state index contributed by atoms with van der Waals surface area (Å²) in [7, 11) is 0. The van der Waals surface area contributed by atoms with Crippen LogP contribution in [0.1, 0.15) is 40.0 Å². The average Bonchev–Trinajstić information content (AvgIpc) is 2.84. The molecule has 4 heteroatoms. The molecule has 2 atom stereocenters. The Hall–Kier alpha value is -1.26. The molecule has 2 rings (SSSR count). The van der Waals surface area contributed by atoms with Crippen molar-refractivity contribution in [2.75, 3.05) is 13.2 Å². The largest absolute Gasteiger partial charge is 0.490 e. The Labute approximate surface area is 127 Å². The lowest BCUT2D eigenvalue weighted by Gasteiger charge is -2.31. The van der Waals surface area contributed by atoms with E-state index in [-0.39, 0.29) is 18.2 Å². The highest BCUT2D eigenvalue weighted by Crippen LogP contribution is 2.35. The highest BCUT2D eigenvalue weighted by molar-refractivity contribution is 5.39. The van der Waals surface area contributed by atoms with Crippen LogP contribution in [0.4, 0.5) is 0 Å². The van der Waals surface area contributed by atoms with E-state index in [4.69, 9.17) is 9.47 Å². The van der Waals surface area contributed by atoms with Gasteiger partial charge in [-0.1, -0.05) is 26.0 Å². The van der Waals surface area contributed by atoms with E-state index >= 15 is 0 Å². The first-order valence-corrected chi connectivity index (χ1v) is 7.85. The Kier molecular flexibility index (Phi) is 5.48. The van der Waals surface area contributed by atoms with Crippen LogP contribution < -0.4 is 14.8 Å². The van der Waals surface area contributed by atoms with Gasteiger partial charge in [0.25, 0.3) is 0 Å². The standard InChI is InChI=1S/C17H27NO3/c1-4-20-15-7-5-6-8-16(15)21-14-9-10-17(11-14,12-19)18-13(2)3/h5-8,13-14,18-19H,4,9-12H2,1-3H3. The van der Waals surface area contributed by atoms with E-state index in [0.29, 0.717) is 12.6 Å². The maximum absolute atomic E-state index is 9.75. The first kappa shape index (κ1) is 16.1. The normalized spacial score (nSPS) is 25.3. The molecule has 4 nitrogen and oxygen atoms in total. The van der Waals surface area contributed by atoms with E-state index in [2.05, 4.69) is 19.2 Å². The minimum atomic E-state index is -0.209. The van der Waals surface area contributed by atoms with Crippen molar-refractivity contribution in [2.24, 2.45) is 0 Å². The van der Waals surface area contributed by atoms with E-state index in [1.807, 2.05) is 31.2 Å². The van der Waals surface area contributed by atoms with Crippen LogP contribution in [0.5, 0.6) is 11.5 Å². The van der Waals surface area contributed by atoms with Gasteiger partial charge in [0.1, 0.15) is 6.10 Å². The van der Waals surface area contributed by atoms with Crippen molar-refractivity contribution < 1.29 is 14.6 Å². The Balaban J connectivity index is 2.02. The van der Waals surface area contributed by atoms with Crippen LogP contribution >= 0.6 is 0 Å². The fraction of sp³-hybridized carbons (Fsp3) is 0.647. The van der Waals surface area contributed by atoms with Crippen molar-refractivity contribution in [1.82, 2.24) is 5.32 Å². The SMILES string of the molecule is CCOc1ccccc1OC1CCC(CO)(NC(C)C)C1. The summed E-state index contributed by atoms with van der Waals surface area (Å²) in [5, 5.41) is 13.2. The van der Waals surface area contributed by atoms with E-state index in [9.17, 15) is 5.11 Å². The lowest BCUT2D eigenvalue weighted by atomic mass is 9.97. The number of aliphatic hydroxyl groups is 1. The fourth-order valence-corrected chi connectivity index (χ4v) is 3.11. The quantitative estimate of drug-likeness (QED) is 0.811. The molecule has 2 N–H and O–H groups in total. The van der Waals surface area contributed by atoms with E-state index < -0.39 is 0 Å². The summed E-state index contributed by atoms with van der Waals surface area (Å²) in [4.78, 5) is 0. The summed E-state index contributed by atoms with van der Waals surface area (Å²) >= 11 is 0. The zero-order valence-corrected chi connectivity index (χ0v) is 13.3. The van der Waals surface area contributed by atoms with Crippen LogP contribution in [0.2, 0.25) is 0 Å². The average molecular weight is 293 g/mol. The number of ether oxygens (including phenoxy) is 2. The number of benzene rings is 1. The molecule has 0 amide bonds. The second-order valence-electron chi connectivity index (χ2n) is 6.10. The van der Waals surface area contributed by atoms with Crippen molar-refractivity contribution in [3.05, 3.63) is 24.3 Å². The van der Waals surface area contributed by atoms with Gasteiger partial charge in [-0.15, -0.1) is 0 Å². The van der Waals surface area contributed by atoms with Crippen LogP contribution in [0.15, 0.2) is 24.3 Å². The molecule has 21 heavy (non-hydrogen) atoms. The highest BCUT2D eigenvalue weighted by Gasteiger charge is 2.40. The van der Waals surface area contributed by atoms with Gasteiger partial charge in [-0.05, 0) is 31.9 Å². The minimum Gasteiger partial charge on any atom is -0.490 e. The fourth-order valence-electron chi connectivity index (χ4n) is 3.11. The first-order valence-electron chi connectivity index (χ1n) is 7.85. The molecule has 0 spiro atoms. The number of para-hydroxylation sites is 2. The number of hydrogen-bond donors (Lipinski definition) is 2. The third-order valence-corrected chi connectivity index (χ3v) is 3.90. The molecule has 118 valence electrons. The third kappa shape index (κ3) is 4.11. The van der Waals surface area contributed by atoms with E-state index in [0.717, 1.165) is 30.8 Å². The van der Waals surface area contributed by atoms with Crippen LogP contribution in [0.3, 0.4) is 0 Å². The van der Waals surface area contributed by atoms with Crippen LogP contribution in [0, 0.1) is 0 Å². The molecule has 1 fully saturated rings. The summed E-state index contributed by atoms with van der Waals surface area (Å²) in [6.07, 6.45) is 2.82. The lowest BCUT2D eigenvalue weighted by molar-refractivity contribution is 0.131. The predicted molar refractivity (Wildman–Crippen MR) is 84.0 cm³/mol. The molecule has 0 bridgehead atoms. The molecule has 1 aliphatic carbocycles. The number of nitrogens with one attached hydrogen (secondary N) is 1. The summed E-state index contributed by atoms with van der Waals surface area (Å²) in [5.41, 5.74) is -0.209. The van der Waals surface area contributed by atoms with Gasteiger partial charge in [0.2, 0.25) is 0 Å². The smallest absolute Gasteiger partial charge is 0.161 e. The molecule has 0 aliphatic heterocycles. The van der Waals surface area contributed by atoms with E-state index in [1.165, 1.54) is 0 Å². The molecule has 1 aliphatic rings. The predicted octanol–water partition coefficient (Wildman–Crippen LogP) is 2.75. The molecule has 0 radical (unpaired) electrons. The monoisotopic (exact) mass is 293 g/mol. The molecular formula is C17H27NO3. The Bertz CT molecular complexity index is 449. The summed E-state index contributed by atoms with van der Waals surface area (Å²) in [6, 6.07) is 8.13.